The van der Waals surface area contributed by atoms with Crippen molar-refractivity contribution in [2.24, 2.45) is 7.05 Å². The van der Waals surface area contributed by atoms with Crippen molar-refractivity contribution in [2.45, 2.75) is 51.0 Å². The first kappa shape index (κ1) is 12.9. The van der Waals surface area contributed by atoms with E-state index in [1.165, 1.54) is 37.8 Å². The molecule has 1 fully saturated rings. The van der Waals surface area contributed by atoms with Crippen molar-refractivity contribution in [3.63, 3.8) is 0 Å². The first-order valence-electron chi connectivity index (χ1n) is 6.64. The minimum Gasteiger partial charge on any atom is -0.314 e. The fraction of sp³-hybridized carbons (Fsp3) is 0.769. The summed E-state index contributed by atoms with van der Waals surface area (Å²) in [5.74, 6) is 0.512. The topological polar surface area (TPSA) is 29.9 Å². The van der Waals surface area contributed by atoms with E-state index in [0.29, 0.717) is 12.0 Å². The number of rotatable bonds is 3. The zero-order valence-corrected chi connectivity index (χ0v) is 11.5. The largest absolute Gasteiger partial charge is 0.314 e. The third kappa shape index (κ3) is 2.83. The van der Waals surface area contributed by atoms with E-state index in [0.717, 1.165) is 11.6 Å². The fourth-order valence-electron chi connectivity index (χ4n) is 2.98. The smallest absolute Gasteiger partial charge is 0.0821 e. The zero-order valence-electron chi connectivity index (χ0n) is 10.7. The van der Waals surface area contributed by atoms with Gasteiger partial charge in [0.15, 0.2) is 0 Å². The Morgan fingerprint density at radius 3 is 2.82 bits per heavy atom. The van der Waals surface area contributed by atoms with Crippen molar-refractivity contribution in [3.05, 3.63) is 16.9 Å². The third-order valence-corrected chi connectivity index (χ3v) is 4.06. The Hall–Kier alpha value is -0.540. The Bertz CT molecular complexity index is 342. The quantitative estimate of drug-likeness (QED) is 0.842. The molecule has 17 heavy (non-hydrogen) atoms. The maximum Gasteiger partial charge on any atom is 0.0821 e. The fourth-order valence-corrected chi connectivity index (χ4v) is 3.28. The summed E-state index contributed by atoms with van der Waals surface area (Å²) in [5, 5.41) is 8.71. The van der Waals surface area contributed by atoms with Gasteiger partial charge in [-0.3, -0.25) is 4.68 Å². The summed E-state index contributed by atoms with van der Waals surface area (Å²) in [6.45, 7) is 3.20. The van der Waals surface area contributed by atoms with Gasteiger partial charge in [0, 0.05) is 19.0 Å². The van der Waals surface area contributed by atoms with Crippen molar-refractivity contribution in [3.8, 4) is 0 Å². The molecule has 0 saturated heterocycles. The van der Waals surface area contributed by atoms with Crippen LogP contribution in [0.2, 0.25) is 5.02 Å². The van der Waals surface area contributed by atoms with E-state index in [1.54, 1.807) is 6.20 Å². The second-order valence-corrected chi connectivity index (χ2v) is 5.32. The zero-order chi connectivity index (χ0) is 12.3. The van der Waals surface area contributed by atoms with E-state index in [-0.39, 0.29) is 0 Å². The van der Waals surface area contributed by atoms with Gasteiger partial charge >= 0.3 is 0 Å². The molecular formula is C13H22ClN3. The van der Waals surface area contributed by atoms with Crippen LogP contribution in [0, 0.1) is 0 Å². The van der Waals surface area contributed by atoms with E-state index < -0.39 is 0 Å². The van der Waals surface area contributed by atoms with Crippen LogP contribution < -0.4 is 5.32 Å². The van der Waals surface area contributed by atoms with Gasteiger partial charge in [-0.25, -0.2) is 0 Å². The van der Waals surface area contributed by atoms with Gasteiger partial charge in [0.2, 0.25) is 0 Å². The molecule has 2 atom stereocenters. The van der Waals surface area contributed by atoms with Gasteiger partial charge in [-0.05, 0) is 19.4 Å². The van der Waals surface area contributed by atoms with Crippen molar-refractivity contribution >= 4 is 11.6 Å². The molecule has 0 bridgehead atoms. The standard InChI is InChI=1S/C13H22ClN3/c1-3-15-12-8-6-4-5-7-10(12)13-11(14)9-16-17(13)2/h9-10,12,15H,3-8H2,1-2H3. The molecule has 1 aliphatic carbocycles. The van der Waals surface area contributed by atoms with Gasteiger partial charge in [-0.2, -0.15) is 5.10 Å². The lowest BCUT2D eigenvalue weighted by Gasteiger charge is -2.26. The molecule has 1 heterocycles. The summed E-state index contributed by atoms with van der Waals surface area (Å²) in [7, 11) is 2.00. The van der Waals surface area contributed by atoms with Crippen LogP contribution in [-0.4, -0.2) is 22.4 Å². The van der Waals surface area contributed by atoms with Crippen LogP contribution in [0.15, 0.2) is 6.20 Å². The van der Waals surface area contributed by atoms with Crippen LogP contribution in [0.5, 0.6) is 0 Å². The SMILES string of the molecule is CCNC1CCCCCC1c1c(Cl)cnn1C. The van der Waals surface area contributed by atoms with Crippen LogP contribution in [0.4, 0.5) is 0 Å². The second-order valence-electron chi connectivity index (χ2n) is 4.91. The molecular weight excluding hydrogens is 234 g/mol. The molecule has 96 valence electrons. The average molecular weight is 256 g/mol. The number of likely N-dealkylation sites (N-methyl/N-ethyl adjacent to an activating group) is 1. The summed E-state index contributed by atoms with van der Waals surface area (Å²) in [5.41, 5.74) is 1.21. The lowest BCUT2D eigenvalue weighted by Crippen LogP contribution is -2.35. The van der Waals surface area contributed by atoms with Crippen molar-refractivity contribution in [1.82, 2.24) is 15.1 Å². The Morgan fingerprint density at radius 2 is 2.18 bits per heavy atom. The molecule has 2 unspecified atom stereocenters. The highest BCUT2D eigenvalue weighted by Gasteiger charge is 2.28. The molecule has 0 amide bonds. The highest BCUT2D eigenvalue weighted by molar-refractivity contribution is 6.31. The number of nitrogens with zero attached hydrogens (tertiary/aromatic N) is 2. The highest BCUT2D eigenvalue weighted by Crippen LogP contribution is 2.35. The molecule has 1 aromatic rings. The Morgan fingerprint density at radius 1 is 1.41 bits per heavy atom. The summed E-state index contributed by atoms with van der Waals surface area (Å²) < 4.78 is 1.95. The van der Waals surface area contributed by atoms with E-state index >= 15 is 0 Å². The summed E-state index contributed by atoms with van der Waals surface area (Å²) in [6, 6.07) is 0.551. The first-order chi connectivity index (χ1) is 8.24. The predicted octanol–water partition coefficient (Wildman–Crippen LogP) is 3.10. The lowest BCUT2D eigenvalue weighted by molar-refractivity contribution is 0.403. The number of halogens is 1. The van der Waals surface area contributed by atoms with Gasteiger partial charge in [0.05, 0.1) is 16.9 Å². The van der Waals surface area contributed by atoms with Crippen molar-refractivity contribution in [1.29, 1.82) is 0 Å². The second kappa shape index (κ2) is 5.87. The minimum atomic E-state index is 0.512. The maximum absolute atomic E-state index is 6.29. The molecule has 1 saturated carbocycles. The average Bonchev–Trinajstić information content (AvgIpc) is 2.54. The van der Waals surface area contributed by atoms with Crippen LogP contribution in [-0.2, 0) is 7.05 Å². The predicted molar refractivity (Wildman–Crippen MR) is 71.5 cm³/mol. The molecule has 0 aromatic carbocycles. The maximum atomic E-state index is 6.29. The van der Waals surface area contributed by atoms with Gasteiger partial charge in [0.25, 0.3) is 0 Å². The van der Waals surface area contributed by atoms with E-state index in [2.05, 4.69) is 17.3 Å². The minimum absolute atomic E-state index is 0.512. The van der Waals surface area contributed by atoms with Crippen LogP contribution >= 0.6 is 11.6 Å². The Balaban J connectivity index is 2.25. The normalized spacial score (nSPS) is 25.8. The number of hydrogen-bond donors (Lipinski definition) is 1. The van der Waals surface area contributed by atoms with E-state index in [9.17, 15) is 0 Å². The monoisotopic (exact) mass is 255 g/mol. The summed E-state index contributed by atoms with van der Waals surface area (Å²) in [4.78, 5) is 0. The molecule has 1 N–H and O–H groups in total. The molecule has 0 aliphatic heterocycles. The highest BCUT2D eigenvalue weighted by atomic mass is 35.5. The number of hydrogen-bond acceptors (Lipinski definition) is 2. The van der Waals surface area contributed by atoms with Gasteiger partial charge in [-0.1, -0.05) is 37.8 Å². The van der Waals surface area contributed by atoms with Crippen molar-refractivity contribution in [2.75, 3.05) is 6.54 Å². The molecule has 1 aromatic heterocycles. The number of nitrogens with one attached hydrogen (secondary N) is 1. The van der Waals surface area contributed by atoms with Crippen LogP contribution in [0.1, 0.15) is 50.6 Å². The van der Waals surface area contributed by atoms with Gasteiger partial charge in [0.1, 0.15) is 0 Å². The van der Waals surface area contributed by atoms with Crippen LogP contribution in [0.25, 0.3) is 0 Å². The lowest BCUT2D eigenvalue weighted by atomic mass is 9.91. The van der Waals surface area contributed by atoms with E-state index in [1.807, 2.05) is 11.7 Å². The van der Waals surface area contributed by atoms with Gasteiger partial charge in [-0.15, -0.1) is 0 Å². The van der Waals surface area contributed by atoms with Crippen molar-refractivity contribution < 1.29 is 0 Å². The third-order valence-electron chi connectivity index (χ3n) is 3.77. The first-order valence-corrected chi connectivity index (χ1v) is 7.02. The molecule has 2 rings (SSSR count). The molecule has 0 radical (unpaired) electrons. The molecule has 4 heteroatoms. The Labute approximate surface area is 109 Å². The number of aryl methyl sites for hydroxylation is 1. The van der Waals surface area contributed by atoms with E-state index in [4.69, 9.17) is 11.6 Å². The van der Waals surface area contributed by atoms with Gasteiger partial charge < -0.3 is 5.32 Å². The Kier molecular flexibility index (Phi) is 4.46. The number of aromatic nitrogens is 2. The molecule has 1 aliphatic rings. The van der Waals surface area contributed by atoms with Crippen LogP contribution in [0.3, 0.4) is 0 Å². The molecule has 0 spiro atoms. The molecule has 3 nitrogen and oxygen atoms in total. The summed E-state index contributed by atoms with van der Waals surface area (Å²) >= 11 is 6.29. The summed E-state index contributed by atoms with van der Waals surface area (Å²) in [6.07, 6.45) is 8.20.